The highest BCUT2D eigenvalue weighted by atomic mass is 16.1. The maximum atomic E-state index is 11.0. The third-order valence-electron chi connectivity index (χ3n) is 1.40. The average molecular weight is 156 g/mol. The number of rotatable bonds is 5. The van der Waals surface area contributed by atoms with Gasteiger partial charge in [0, 0.05) is 12.5 Å². The van der Waals surface area contributed by atoms with E-state index < -0.39 is 0 Å². The predicted octanol–water partition coefficient (Wildman–Crippen LogP) is 2.11. The second kappa shape index (κ2) is 6.20. The molecule has 1 amide bonds. The van der Waals surface area contributed by atoms with Crippen LogP contribution in [0.5, 0.6) is 0 Å². The number of carbonyl (C=O) groups excluding carboxylic acids is 1. The standard InChI is InChI=1S/C9H18NO/c1-4-5-6-7-9(11)10-8(2)3/h8H,4-7H2,1-3H3. The summed E-state index contributed by atoms with van der Waals surface area (Å²) < 4.78 is 0. The van der Waals surface area contributed by atoms with Gasteiger partial charge in [0.2, 0.25) is 5.91 Å². The molecular formula is C9H18NO. The van der Waals surface area contributed by atoms with Crippen LogP contribution >= 0.6 is 0 Å². The maximum Gasteiger partial charge on any atom is 0.241 e. The topological polar surface area (TPSA) is 31.2 Å². The number of hydrogen-bond donors (Lipinski definition) is 0. The van der Waals surface area contributed by atoms with E-state index >= 15 is 0 Å². The first-order chi connectivity index (χ1) is 5.16. The van der Waals surface area contributed by atoms with Crippen LogP contribution in [0, 0.1) is 0 Å². The summed E-state index contributed by atoms with van der Waals surface area (Å²) in [6.45, 7) is 5.99. The summed E-state index contributed by atoms with van der Waals surface area (Å²) in [5.41, 5.74) is 0. The summed E-state index contributed by atoms with van der Waals surface area (Å²) in [5.74, 6) is 0.0634. The molecule has 0 aromatic rings. The van der Waals surface area contributed by atoms with E-state index in [-0.39, 0.29) is 11.9 Å². The average Bonchev–Trinajstić information content (AvgIpc) is 1.86. The zero-order valence-electron chi connectivity index (χ0n) is 7.76. The van der Waals surface area contributed by atoms with Crippen LogP contribution in [0.25, 0.3) is 0 Å². The molecular weight excluding hydrogens is 138 g/mol. The molecule has 0 aliphatic carbocycles. The van der Waals surface area contributed by atoms with Crippen molar-refractivity contribution in [3.63, 3.8) is 0 Å². The molecule has 0 aliphatic rings. The first-order valence-corrected chi connectivity index (χ1v) is 4.40. The number of unbranched alkanes of at least 4 members (excludes halogenated alkanes) is 2. The summed E-state index contributed by atoms with van der Waals surface area (Å²) in [6.07, 6.45) is 3.92. The highest BCUT2D eigenvalue weighted by Crippen LogP contribution is 1.99. The van der Waals surface area contributed by atoms with Gasteiger partial charge in [-0.25, -0.2) is 5.32 Å². The van der Waals surface area contributed by atoms with Gasteiger partial charge in [-0.1, -0.05) is 19.8 Å². The third kappa shape index (κ3) is 7.37. The largest absolute Gasteiger partial charge is 0.273 e. The van der Waals surface area contributed by atoms with Crippen LogP contribution in [0.4, 0.5) is 0 Å². The summed E-state index contributed by atoms with van der Waals surface area (Å²) in [5, 5.41) is 3.91. The van der Waals surface area contributed by atoms with Crippen LogP contribution in [0.3, 0.4) is 0 Å². The molecule has 65 valence electrons. The molecule has 0 unspecified atom stereocenters. The normalized spacial score (nSPS) is 10.2. The highest BCUT2D eigenvalue weighted by molar-refractivity contribution is 5.75. The molecule has 0 heterocycles. The Kier molecular flexibility index (Phi) is 5.90. The Balaban J connectivity index is 3.23. The summed E-state index contributed by atoms with van der Waals surface area (Å²) in [7, 11) is 0. The Morgan fingerprint density at radius 1 is 1.36 bits per heavy atom. The SMILES string of the molecule is CCCCCC(=O)[N]C(C)C. The lowest BCUT2D eigenvalue weighted by molar-refractivity contribution is -0.122. The first-order valence-electron chi connectivity index (χ1n) is 4.40. The second-order valence-corrected chi connectivity index (χ2v) is 3.07. The van der Waals surface area contributed by atoms with Gasteiger partial charge in [0.1, 0.15) is 0 Å². The van der Waals surface area contributed by atoms with Crippen molar-refractivity contribution in [2.24, 2.45) is 0 Å². The summed E-state index contributed by atoms with van der Waals surface area (Å²) in [4.78, 5) is 11.0. The van der Waals surface area contributed by atoms with Crippen LogP contribution in [0.2, 0.25) is 0 Å². The molecule has 0 aromatic heterocycles. The molecule has 0 aliphatic heterocycles. The van der Waals surface area contributed by atoms with E-state index in [0.29, 0.717) is 6.42 Å². The predicted molar refractivity (Wildman–Crippen MR) is 46.4 cm³/mol. The van der Waals surface area contributed by atoms with Gasteiger partial charge >= 0.3 is 0 Å². The minimum atomic E-state index is 0.0634. The molecule has 1 radical (unpaired) electrons. The first kappa shape index (κ1) is 10.5. The van der Waals surface area contributed by atoms with Crippen molar-refractivity contribution in [2.45, 2.75) is 52.5 Å². The molecule has 0 aromatic carbocycles. The van der Waals surface area contributed by atoms with Crippen molar-refractivity contribution < 1.29 is 4.79 Å². The van der Waals surface area contributed by atoms with Crippen molar-refractivity contribution in [3.05, 3.63) is 0 Å². The lowest BCUT2D eigenvalue weighted by atomic mass is 10.2. The Labute approximate surface area is 69.4 Å². The molecule has 11 heavy (non-hydrogen) atoms. The lowest BCUT2D eigenvalue weighted by Gasteiger charge is -2.03. The van der Waals surface area contributed by atoms with Gasteiger partial charge in [-0.05, 0) is 20.3 Å². The van der Waals surface area contributed by atoms with Crippen LogP contribution in [0.1, 0.15) is 46.5 Å². The second-order valence-electron chi connectivity index (χ2n) is 3.07. The van der Waals surface area contributed by atoms with Crippen molar-refractivity contribution in [3.8, 4) is 0 Å². The minimum absolute atomic E-state index is 0.0634. The molecule has 0 saturated heterocycles. The third-order valence-corrected chi connectivity index (χ3v) is 1.40. The zero-order chi connectivity index (χ0) is 8.69. The van der Waals surface area contributed by atoms with Crippen molar-refractivity contribution in [1.29, 1.82) is 0 Å². The molecule has 0 fully saturated rings. The van der Waals surface area contributed by atoms with E-state index in [9.17, 15) is 4.79 Å². The van der Waals surface area contributed by atoms with Crippen molar-refractivity contribution >= 4 is 5.91 Å². The van der Waals surface area contributed by atoms with E-state index in [1.165, 1.54) is 0 Å². The fourth-order valence-electron chi connectivity index (χ4n) is 0.879. The van der Waals surface area contributed by atoms with Crippen LogP contribution in [0.15, 0.2) is 0 Å². The van der Waals surface area contributed by atoms with E-state index in [4.69, 9.17) is 0 Å². The van der Waals surface area contributed by atoms with Gasteiger partial charge in [0.05, 0.1) is 0 Å². The van der Waals surface area contributed by atoms with Gasteiger partial charge in [-0.15, -0.1) is 0 Å². The van der Waals surface area contributed by atoms with Gasteiger partial charge in [-0.2, -0.15) is 0 Å². The van der Waals surface area contributed by atoms with Gasteiger partial charge < -0.3 is 0 Å². The van der Waals surface area contributed by atoms with E-state index in [1.54, 1.807) is 0 Å². The zero-order valence-corrected chi connectivity index (χ0v) is 7.76. The van der Waals surface area contributed by atoms with Crippen LogP contribution in [-0.2, 0) is 4.79 Å². The Morgan fingerprint density at radius 2 is 2.00 bits per heavy atom. The Bertz CT molecular complexity index is 110. The molecule has 0 bridgehead atoms. The fraction of sp³-hybridized carbons (Fsp3) is 0.889. The summed E-state index contributed by atoms with van der Waals surface area (Å²) >= 11 is 0. The number of hydrogen-bond acceptors (Lipinski definition) is 1. The van der Waals surface area contributed by atoms with E-state index in [2.05, 4.69) is 12.2 Å². The maximum absolute atomic E-state index is 11.0. The molecule has 0 atom stereocenters. The molecule has 0 N–H and O–H groups in total. The van der Waals surface area contributed by atoms with Crippen molar-refractivity contribution in [2.75, 3.05) is 0 Å². The van der Waals surface area contributed by atoms with Crippen LogP contribution in [-0.4, -0.2) is 11.9 Å². The highest BCUT2D eigenvalue weighted by Gasteiger charge is 2.03. The van der Waals surface area contributed by atoms with Gasteiger partial charge in [0.15, 0.2) is 0 Å². The Hall–Kier alpha value is -0.530. The fourth-order valence-corrected chi connectivity index (χ4v) is 0.879. The minimum Gasteiger partial charge on any atom is -0.273 e. The molecule has 0 rings (SSSR count). The summed E-state index contributed by atoms with van der Waals surface area (Å²) in [6, 6.07) is 0.157. The lowest BCUT2D eigenvalue weighted by Crippen LogP contribution is -2.21. The van der Waals surface area contributed by atoms with E-state index in [1.807, 2.05) is 13.8 Å². The molecule has 0 spiro atoms. The quantitative estimate of drug-likeness (QED) is 0.561. The monoisotopic (exact) mass is 156 g/mol. The van der Waals surface area contributed by atoms with Crippen molar-refractivity contribution in [1.82, 2.24) is 5.32 Å². The van der Waals surface area contributed by atoms with Gasteiger partial charge in [0.25, 0.3) is 0 Å². The smallest absolute Gasteiger partial charge is 0.241 e. The van der Waals surface area contributed by atoms with Gasteiger partial charge in [-0.3, -0.25) is 4.79 Å². The number of nitrogens with zero attached hydrogens (tertiary/aromatic N) is 1. The van der Waals surface area contributed by atoms with Crippen LogP contribution < -0.4 is 5.32 Å². The molecule has 2 heteroatoms. The Morgan fingerprint density at radius 3 is 2.45 bits per heavy atom. The molecule has 2 nitrogen and oxygen atoms in total. The number of amides is 1. The van der Waals surface area contributed by atoms with E-state index in [0.717, 1.165) is 19.3 Å². The molecule has 0 saturated carbocycles. The number of carbonyl (C=O) groups is 1.